The van der Waals surface area contributed by atoms with Crippen LogP contribution in [0.15, 0.2) is 237 Å². The largest absolute Gasteiger partial charge is 0.309 e. The Morgan fingerprint density at radius 1 is 0.377 bits per heavy atom. The molecule has 0 aliphatic carbocycles. The molecule has 14 rings (SSSR count). The van der Waals surface area contributed by atoms with Crippen LogP contribution in [0.4, 0.5) is 16.4 Å². The molecule has 9 heteroatoms. The number of pyridine rings is 2. The number of nitrogens with zero attached hydrogens (tertiary/aromatic N) is 8. The molecule has 366 valence electrons. The second kappa shape index (κ2) is 18.8. The highest BCUT2D eigenvalue weighted by Crippen LogP contribution is 2.46. The number of aryl methyl sites for hydroxylation is 3. The van der Waals surface area contributed by atoms with Crippen LogP contribution in [-0.4, -0.2) is 34.1 Å². The van der Waals surface area contributed by atoms with Gasteiger partial charge >= 0.3 is 0 Å². The molecule has 0 bridgehead atoms. The predicted octanol–water partition coefficient (Wildman–Crippen LogP) is 17.6. The zero-order valence-corrected chi connectivity index (χ0v) is 43.3. The Morgan fingerprint density at radius 2 is 0.922 bits per heavy atom. The molecule has 0 saturated heterocycles. The maximum absolute atomic E-state index is 5.27. The fraction of sp³-hybridized carbons (Fsp3) is 0.0441. The molecule has 6 heterocycles. The Kier molecular flexibility index (Phi) is 11.2. The number of para-hydroxylation sites is 1. The third kappa shape index (κ3) is 8.12. The lowest BCUT2D eigenvalue weighted by Gasteiger charge is -2.24. The van der Waals surface area contributed by atoms with Crippen LogP contribution in [0.1, 0.15) is 16.7 Å². The van der Waals surface area contributed by atoms with Gasteiger partial charge in [-0.05, 0) is 128 Å². The number of hydrogen-bond donors (Lipinski definition) is 0. The molecule has 0 radical (unpaired) electrons. The lowest BCUT2D eigenvalue weighted by atomic mass is 10.0. The molecule has 0 aliphatic heterocycles. The maximum atomic E-state index is 5.27. The summed E-state index contributed by atoms with van der Waals surface area (Å²) in [5.74, 6) is 1.79. The molecule has 8 aromatic carbocycles. The van der Waals surface area contributed by atoms with Crippen molar-refractivity contribution >= 4 is 71.3 Å². The van der Waals surface area contributed by atoms with E-state index in [1.54, 1.807) is 11.3 Å². The summed E-state index contributed by atoms with van der Waals surface area (Å²) < 4.78 is 4.70. The Bertz CT molecular complexity index is 4380. The van der Waals surface area contributed by atoms with E-state index >= 15 is 0 Å². The molecule has 0 saturated carbocycles. The molecule has 77 heavy (non-hydrogen) atoms. The normalized spacial score (nSPS) is 11.6. The molecular formula is C68H48N8S. The molecule has 6 aromatic heterocycles. The van der Waals surface area contributed by atoms with Gasteiger partial charge in [-0.2, -0.15) is 9.97 Å². The van der Waals surface area contributed by atoms with E-state index in [0.29, 0.717) is 17.6 Å². The average Bonchev–Trinajstić information content (AvgIpc) is 4.21. The Balaban J connectivity index is 0.971. The minimum Gasteiger partial charge on any atom is -0.309 e. The summed E-state index contributed by atoms with van der Waals surface area (Å²) in [6.45, 7) is 6.64. The predicted molar refractivity (Wildman–Crippen MR) is 318 cm³/mol. The van der Waals surface area contributed by atoms with Crippen LogP contribution in [0.25, 0.3) is 111 Å². The first-order chi connectivity index (χ1) is 37.9. The number of hydrogen-bond acceptors (Lipinski definition) is 7. The standard InChI is InChI=1S/C68H48N8S/c1-43-36-44(2)65(45(3)37-43)75-60-31-30-50(63-32-33-64(77-63)74(51-24-16-22-48(38-51)57-27-12-14-34-69-57)52-25-17-23-49(39-52)58-28-13-15-35-70-58)40-54(60)56-41-55-53-26-10-11-29-59(53)76(62(55)42-61(56)75)68-72-66(46-18-6-4-7-19-46)71-67(73-68)47-20-8-5-9-21-47/h4-42H,1-3H3. The van der Waals surface area contributed by atoms with Crippen molar-refractivity contribution in [3.8, 4) is 67.4 Å². The number of rotatable bonds is 10. The third-order valence-electron chi connectivity index (χ3n) is 14.5. The van der Waals surface area contributed by atoms with E-state index in [2.05, 4.69) is 199 Å². The summed E-state index contributed by atoms with van der Waals surface area (Å²) >= 11 is 1.78. The summed E-state index contributed by atoms with van der Waals surface area (Å²) in [6, 6.07) is 79.2. The maximum Gasteiger partial charge on any atom is 0.238 e. The fourth-order valence-electron chi connectivity index (χ4n) is 11.2. The van der Waals surface area contributed by atoms with Crippen molar-refractivity contribution in [1.29, 1.82) is 0 Å². The van der Waals surface area contributed by atoms with Gasteiger partial charge in [-0.1, -0.05) is 139 Å². The molecule has 0 atom stereocenters. The molecule has 0 unspecified atom stereocenters. The molecule has 0 amide bonds. The van der Waals surface area contributed by atoms with E-state index in [0.717, 1.165) is 93.3 Å². The topological polar surface area (TPSA) is 77.5 Å². The van der Waals surface area contributed by atoms with Crippen molar-refractivity contribution in [3.05, 3.63) is 254 Å². The highest BCUT2D eigenvalue weighted by molar-refractivity contribution is 7.19. The van der Waals surface area contributed by atoms with Gasteiger partial charge in [0.05, 0.1) is 39.1 Å². The van der Waals surface area contributed by atoms with Gasteiger partial charge in [-0.15, -0.1) is 11.3 Å². The van der Waals surface area contributed by atoms with Crippen molar-refractivity contribution in [2.24, 2.45) is 0 Å². The highest BCUT2D eigenvalue weighted by atomic mass is 32.1. The number of anilines is 3. The van der Waals surface area contributed by atoms with Crippen molar-refractivity contribution in [2.45, 2.75) is 20.8 Å². The molecule has 14 aromatic rings. The van der Waals surface area contributed by atoms with Gasteiger partial charge < -0.3 is 9.47 Å². The van der Waals surface area contributed by atoms with Crippen LogP contribution < -0.4 is 4.90 Å². The summed E-state index contributed by atoms with van der Waals surface area (Å²) in [5.41, 5.74) is 18.1. The zero-order chi connectivity index (χ0) is 51.6. The summed E-state index contributed by atoms with van der Waals surface area (Å²) in [7, 11) is 0. The van der Waals surface area contributed by atoms with Crippen molar-refractivity contribution in [1.82, 2.24) is 34.1 Å². The van der Waals surface area contributed by atoms with Crippen LogP contribution in [0, 0.1) is 20.8 Å². The molecule has 0 N–H and O–H groups in total. The van der Waals surface area contributed by atoms with Crippen LogP contribution in [0.2, 0.25) is 0 Å². The first-order valence-corrected chi connectivity index (χ1v) is 26.6. The van der Waals surface area contributed by atoms with Crippen LogP contribution in [0.5, 0.6) is 0 Å². The van der Waals surface area contributed by atoms with Gasteiger partial charge in [0.1, 0.15) is 5.00 Å². The average molecular weight is 1010 g/mol. The van der Waals surface area contributed by atoms with E-state index in [1.807, 2.05) is 73.1 Å². The fourth-order valence-corrected chi connectivity index (χ4v) is 12.2. The first-order valence-electron chi connectivity index (χ1n) is 25.8. The lowest BCUT2D eigenvalue weighted by molar-refractivity contribution is 0.953. The number of benzene rings is 8. The minimum atomic E-state index is 0.561. The minimum absolute atomic E-state index is 0.561. The molecule has 0 spiro atoms. The Hall–Kier alpha value is -9.83. The van der Waals surface area contributed by atoms with E-state index in [4.69, 9.17) is 24.9 Å². The third-order valence-corrected chi connectivity index (χ3v) is 15.7. The van der Waals surface area contributed by atoms with Gasteiger partial charge in [-0.3, -0.25) is 14.5 Å². The van der Waals surface area contributed by atoms with E-state index in [9.17, 15) is 0 Å². The number of fused-ring (bicyclic) bond motifs is 6. The molecule has 0 fully saturated rings. The van der Waals surface area contributed by atoms with Gasteiger partial charge in [0.15, 0.2) is 11.6 Å². The quantitative estimate of drug-likeness (QED) is 0.136. The van der Waals surface area contributed by atoms with Crippen LogP contribution in [-0.2, 0) is 0 Å². The van der Waals surface area contributed by atoms with Crippen molar-refractivity contribution in [3.63, 3.8) is 0 Å². The SMILES string of the molecule is Cc1cc(C)c(-n2c3ccc(-c4ccc(N(c5cccc(-c6ccccn6)c5)c5cccc(-c6ccccn6)c5)s4)cc3c3cc4c5ccccc5n(-c5nc(-c6ccccc6)nc(-c6ccccc6)n5)c4cc32)c(C)c1. The van der Waals surface area contributed by atoms with Crippen molar-refractivity contribution < 1.29 is 0 Å². The van der Waals surface area contributed by atoms with Crippen LogP contribution >= 0.6 is 11.3 Å². The molecule has 0 aliphatic rings. The Morgan fingerprint density at radius 3 is 1.55 bits per heavy atom. The monoisotopic (exact) mass is 1010 g/mol. The van der Waals surface area contributed by atoms with Crippen LogP contribution in [0.3, 0.4) is 0 Å². The van der Waals surface area contributed by atoms with Gasteiger partial charge in [-0.25, -0.2) is 4.98 Å². The highest BCUT2D eigenvalue weighted by Gasteiger charge is 2.24. The smallest absolute Gasteiger partial charge is 0.238 e. The molecular weight excluding hydrogens is 961 g/mol. The van der Waals surface area contributed by atoms with Gasteiger partial charge in [0.2, 0.25) is 5.95 Å². The molecule has 8 nitrogen and oxygen atoms in total. The van der Waals surface area contributed by atoms with Gasteiger partial charge in [0.25, 0.3) is 0 Å². The summed E-state index contributed by atoms with van der Waals surface area (Å²) in [5, 5.41) is 5.66. The second-order valence-corrected chi connectivity index (χ2v) is 20.6. The second-order valence-electron chi connectivity index (χ2n) is 19.6. The summed E-state index contributed by atoms with van der Waals surface area (Å²) in [4.78, 5) is 28.5. The van der Waals surface area contributed by atoms with E-state index in [1.165, 1.54) is 33.2 Å². The van der Waals surface area contributed by atoms with Crippen molar-refractivity contribution in [2.75, 3.05) is 4.90 Å². The number of thiophene rings is 1. The summed E-state index contributed by atoms with van der Waals surface area (Å²) in [6.07, 6.45) is 3.70. The Labute approximate surface area is 449 Å². The van der Waals surface area contributed by atoms with E-state index in [-0.39, 0.29) is 0 Å². The van der Waals surface area contributed by atoms with Gasteiger partial charge in [0, 0.05) is 72.4 Å². The zero-order valence-electron chi connectivity index (χ0n) is 42.5. The number of aromatic nitrogens is 7. The lowest BCUT2D eigenvalue weighted by Crippen LogP contribution is -2.08. The first kappa shape index (κ1) is 45.8. The van der Waals surface area contributed by atoms with E-state index < -0.39 is 0 Å².